The molecule has 10 nitrogen and oxygen atoms in total. The van der Waals surface area contributed by atoms with Gasteiger partial charge in [0.25, 0.3) is 0 Å². The van der Waals surface area contributed by atoms with Crippen LogP contribution >= 0.6 is 7.82 Å². The SMILES string of the molecule is CCCCC/C=C\C/C=C\C/C=C\C=C\C(=O)CCCC(=O)O[C@H](COC(=O)CCCCCCCCCCCCCCCCCCCCCCC)COP(=O)(O)OCC[N+](C)(C)C. The fourth-order valence-corrected chi connectivity index (χ4v) is 7.59. The van der Waals surface area contributed by atoms with Crippen molar-refractivity contribution in [1.29, 1.82) is 0 Å². The van der Waals surface area contributed by atoms with Crippen LogP contribution in [0.4, 0.5) is 0 Å². The first-order valence-electron chi connectivity index (χ1n) is 25.3. The third kappa shape index (κ3) is 47.4. The van der Waals surface area contributed by atoms with Crippen LogP contribution in [-0.4, -0.2) is 80.7 Å². The Kier molecular flexibility index (Phi) is 41.9. The summed E-state index contributed by atoms with van der Waals surface area (Å²) in [5, 5.41) is 0. The zero-order valence-electron chi connectivity index (χ0n) is 41.1. The molecule has 0 radical (unpaired) electrons. The summed E-state index contributed by atoms with van der Waals surface area (Å²) in [6.45, 7) is 4.14. The van der Waals surface area contributed by atoms with Gasteiger partial charge in [-0.1, -0.05) is 198 Å². The van der Waals surface area contributed by atoms with Crippen LogP contribution < -0.4 is 0 Å². The summed E-state index contributed by atoms with van der Waals surface area (Å²) in [5.74, 6) is -1.16. The van der Waals surface area contributed by atoms with Crippen LogP contribution in [-0.2, 0) is 37.5 Å². The number of carbonyl (C=O) groups excluding carboxylic acids is 3. The van der Waals surface area contributed by atoms with E-state index in [1.54, 1.807) is 6.08 Å². The van der Waals surface area contributed by atoms with Gasteiger partial charge in [0.15, 0.2) is 11.9 Å². The largest absolute Gasteiger partial charge is 0.472 e. The second-order valence-electron chi connectivity index (χ2n) is 18.2. The first-order valence-corrected chi connectivity index (χ1v) is 26.8. The summed E-state index contributed by atoms with van der Waals surface area (Å²) in [6, 6.07) is 0. The highest BCUT2D eigenvalue weighted by Crippen LogP contribution is 2.43. The first kappa shape index (κ1) is 60.6. The quantitative estimate of drug-likeness (QED) is 0.0121. The van der Waals surface area contributed by atoms with Gasteiger partial charge in [0.05, 0.1) is 27.7 Å². The van der Waals surface area contributed by atoms with E-state index in [2.05, 4.69) is 38.2 Å². The molecule has 0 aliphatic rings. The number of hydrogen-bond acceptors (Lipinski definition) is 8. The molecule has 0 fully saturated rings. The molecule has 0 spiro atoms. The average Bonchev–Trinajstić information content (AvgIpc) is 3.23. The number of esters is 2. The van der Waals surface area contributed by atoms with Crippen molar-refractivity contribution in [3.8, 4) is 0 Å². The van der Waals surface area contributed by atoms with Gasteiger partial charge in [-0.3, -0.25) is 23.4 Å². The molecule has 366 valence electrons. The Balaban J connectivity index is 4.39. The highest BCUT2D eigenvalue weighted by Gasteiger charge is 2.27. The summed E-state index contributed by atoms with van der Waals surface area (Å²) in [5.41, 5.74) is 0. The first-order chi connectivity index (χ1) is 30.4. The lowest BCUT2D eigenvalue weighted by molar-refractivity contribution is -0.870. The lowest BCUT2D eigenvalue weighted by Crippen LogP contribution is -2.37. The van der Waals surface area contributed by atoms with Gasteiger partial charge >= 0.3 is 19.8 Å². The number of phosphoric ester groups is 1. The number of phosphoric acid groups is 1. The summed E-state index contributed by atoms with van der Waals surface area (Å²) < 4.78 is 34.2. The molecule has 0 heterocycles. The standard InChI is InChI=1S/C52H94NO9P/c1-6-8-10-12-14-16-18-20-21-22-23-24-25-26-27-29-31-33-35-37-39-43-51(55)59-47-50(48-61-63(57,58)60-46-45-53(3,4)5)62-52(56)44-40-42-49(54)41-38-36-34-32-30-28-19-17-15-13-11-9-7-2/h15,17,28,30,34,36,38,41,50H,6-14,16,18-27,29,31-33,35,37,39-40,42-48H2,1-5H3/p+1/b17-15-,30-28-,36-34-,41-38+/t50-/m1/s1. The Morgan fingerprint density at radius 1 is 0.540 bits per heavy atom. The average molecular weight is 909 g/mol. The molecule has 0 rings (SSSR count). The van der Waals surface area contributed by atoms with Gasteiger partial charge in [-0.15, -0.1) is 0 Å². The summed E-state index contributed by atoms with van der Waals surface area (Å²) in [7, 11) is 1.33. The predicted octanol–water partition coefficient (Wildman–Crippen LogP) is 14.2. The number of hydrogen-bond donors (Lipinski definition) is 1. The van der Waals surface area contributed by atoms with E-state index in [9.17, 15) is 23.8 Å². The number of ketones is 1. The molecule has 1 N–H and O–H groups in total. The number of unbranched alkanes of at least 4 members (excludes halogenated alkanes) is 23. The van der Waals surface area contributed by atoms with Gasteiger partial charge in [-0.2, -0.15) is 0 Å². The van der Waals surface area contributed by atoms with Crippen LogP contribution in [0.15, 0.2) is 48.6 Å². The van der Waals surface area contributed by atoms with Gasteiger partial charge in [0.1, 0.15) is 19.8 Å². The molecule has 2 atom stereocenters. The van der Waals surface area contributed by atoms with Crippen LogP contribution in [0.1, 0.15) is 213 Å². The molecule has 63 heavy (non-hydrogen) atoms. The highest BCUT2D eigenvalue weighted by molar-refractivity contribution is 7.47. The molecular formula is C52H95NO9P+. The van der Waals surface area contributed by atoms with E-state index in [1.165, 1.54) is 134 Å². The summed E-state index contributed by atoms with van der Waals surface area (Å²) in [4.78, 5) is 47.8. The van der Waals surface area contributed by atoms with E-state index in [1.807, 2.05) is 33.3 Å². The van der Waals surface area contributed by atoms with Crippen molar-refractivity contribution >= 4 is 25.5 Å². The third-order valence-corrected chi connectivity index (χ3v) is 11.8. The highest BCUT2D eigenvalue weighted by atomic mass is 31.2. The van der Waals surface area contributed by atoms with Crippen LogP contribution in [0.25, 0.3) is 0 Å². The molecule has 1 unspecified atom stereocenters. The summed E-state index contributed by atoms with van der Waals surface area (Å²) in [6.07, 6.45) is 48.9. The molecule has 0 aliphatic heterocycles. The van der Waals surface area contributed by atoms with Gasteiger partial charge < -0.3 is 18.9 Å². The van der Waals surface area contributed by atoms with E-state index in [0.717, 1.165) is 38.5 Å². The van der Waals surface area contributed by atoms with E-state index in [-0.39, 0.29) is 44.7 Å². The molecule has 0 aromatic rings. The van der Waals surface area contributed by atoms with Crippen molar-refractivity contribution in [2.75, 3.05) is 47.5 Å². The maximum absolute atomic E-state index is 12.7. The zero-order valence-corrected chi connectivity index (χ0v) is 41.9. The van der Waals surface area contributed by atoms with Crippen molar-refractivity contribution in [2.45, 2.75) is 219 Å². The molecule has 0 aliphatic carbocycles. The molecule has 0 saturated carbocycles. The minimum atomic E-state index is -4.44. The van der Waals surface area contributed by atoms with Crippen molar-refractivity contribution in [2.24, 2.45) is 0 Å². The number of ether oxygens (including phenoxy) is 2. The maximum Gasteiger partial charge on any atom is 0.472 e. The number of rotatable bonds is 46. The third-order valence-electron chi connectivity index (χ3n) is 10.8. The molecule has 0 aromatic carbocycles. The van der Waals surface area contributed by atoms with Crippen molar-refractivity contribution < 1.29 is 46.8 Å². The number of likely N-dealkylation sites (N-methyl/N-ethyl adjacent to an activating group) is 1. The fraction of sp³-hybridized carbons (Fsp3) is 0.788. The number of quaternary nitrogens is 1. The maximum atomic E-state index is 12.7. The molecule has 0 saturated heterocycles. The van der Waals surface area contributed by atoms with E-state index >= 15 is 0 Å². The van der Waals surface area contributed by atoms with Crippen LogP contribution in [0, 0.1) is 0 Å². The fourth-order valence-electron chi connectivity index (χ4n) is 6.85. The Bertz CT molecular complexity index is 1270. The second kappa shape index (κ2) is 43.5. The monoisotopic (exact) mass is 909 g/mol. The van der Waals surface area contributed by atoms with Crippen molar-refractivity contribution in [1.82, 2.24) is 0 Å². The van der Waals surface area contributed by atoms with Gasteiger partial charge in [0, 0.05) is 19.3 Å². The van der Waals surface area contributed by atoms with Crippen LogP contribution in [0.5, 0.6) is 0 Å². The minimum Gasteiger partial charge on any atom is -0.462 e. The van der Waals surface area contributed by atoms with E-state index in [4.69, 9.17) is 18.5 Å². The Morgan fingerprint density at radius 3 is 1.56 bits per heavy atom. The lowest BCUT2D eigenvalue weighted by atomic mass is 10.0. The second-order valence-corrected chi connectivity index (χ2v) is 19.7. The van der Waals surface area contributed by atoms with Crippen LogP contribution in [0.2, 0.25) is 0 Å². The van der Waals surface area contributed by atoms with E-state index in [0.29, 0.717) is 17.4 Å². The van der Waals surface area contributed by atoms with Gasteiger partial charge in [0.2, 0.25) is 0 Å². The Hall–Kier alpha value is -2.36. The smallest absolute Gasteiger partial charge is 0.462 e. The normalized spacial score (nSPS) is 13.7. The Labute approximate surface area is 386 Å². The molecule has 0 aromatic heterocycles. The Morgan fingerprint density at radius 2 is 1.02 bits per heavy atom. The molecular weight excluding hydrogens is 814 g/mol. The van der Waals surface area contributed by atoms with Crippen molar-refractivity contribution in [3.05, 3.63) is 48.6 Å². The van der Waals surface area contributed by atoms with Crippen molar-refractivity contribution in [3.63, 3.8) is 0 Å². The molecule has 11 heteroatoms. The summed E-state index contributed by atoms with van der Waals surface area (Å²) >= 11 is 0. The molecule has 0 bridgehead atoms. The number of nitrogens with zero attached hydrogens (tertiary/aromatic N) is 1. The topological polar surface area (TPSA) is 125 Å². The predicted molar refractivity (Wildman–Crippen MR) is 262 cm³/mol. The van der Waals surface area contributed by atoms with Crippen LogP contribution in [0.3, 0.4) is 0 Å². The molecule has 0 amide bonds. The lowest BCUT2D eigenvalue weighted by Gasteiger charge is -2.24. The number of carbonyl (C=O) groups is 3. The van der Waals surface area contributed by atoms with Gasteiger partial charge in [-0.05, 0) is 44.6 Å². The van der Waals surface area contributed by atoms with E-state index < -0.39 is 32.5 Å². The number of allylic oxidation sites excluding steroid dienone is 8. The van der Waals surface area contributed by atoms with Gasteiger partial charge in [-0.25, -0.2) is 4.57 Å². The zero-order chi connectivity index (χ0) is 46.5. The minimum absolute atomic E-state index is 0.0112.